The number of aromatic amines is 1. The highest BCUT2D eigenvalue weighted by molar-refractivity contribution is 6.34. The molecule has 1 heterocycles. The van der Waals surface area contributed by atoms with Crippen LogP contribution in [0.1, 0.15) is 38.4 Å². The minimum Gasteiger partial charge on any atom is -0.340 e. The van der Waals surface area contributed by atoms with E-state index in [2.05, 4.69) is 16.9 Å². The van der Waals surface area contributed by atoms with Crippen LogP contribution in [0.5, 0.6) is 0 Å². The second-order valence-corrected chi connectivity index (χ2v) is 5.97. The van der Waals surface area contributed by atoms with E-state index in [9.17, 15) is 0 Å². The van der Waals surface area contributed by atoms with Gasteiger partial charge in [-0.05, 0) is 43.7 Å². The molecule has 1 aromatic heterocycles. The molecule has 3 rings (SSSR count). The summed E-state index contributed by atoms with van der Waals surface area (Å²) in [5, 5.41) is 0.683. The molecule has 1 fully saturated rings. The molecular formula is C14H18ClN3. The molecule has 0 amide bonds. The van der Waals surface area contributed by atoms with Crippen LogP contribution in [0.3, 0.4) is 0 Å². The molecule has 0 aliphatic heterocycles. The number of benzene rings is 1. The molecule has 18 heavy (non-hydrogen) atoms. The number of rotatable bonds is 1. The SMILES string of the molecule is CC1CCC(N)(c2nc3c(Cl)cccc3[nH]2)CC1. The van der Waals surface area contributed by atoms with E-state index in [1.54, 1.807) is 0 Å². The molecule has 1 saturated carbocycles. The summed E-state index contributed by atoms with van der Waals surface area (Å²) >= 11 is 6.15. The number of H-pyrrole nitrogens is 1. The van der Waals surface area contributed by atoms with Crippen LogP contribution in [0, 0.1) is 5.92 Å². The number of aromatic nitrogens is 2. The zero-order valence-corrected chi connectivity index (χ0v) is 11.3. The van der Waals surface area contributed by atoms with Gasteiger partial charge in [0.05, 0.1) is 16.1 Å². The van der Waals surface area contributed by atoms with Crippen LogP contribution in [0.15, 0.2) is 18.2 Å². The summed E-state index contributed by atoms with van der Waals surface area (Å²) in [6, 6.07) is 5.78. The van der Waals surface area contributed by atoms with E-state index < -0.39 is 0 Å². The maximum atomic E-state index is 6.52. The van der Waals surface area contributed by atoms with E-state index in [4.69, 9.17) is 17.3 Å². The van der Waals surface area contributed by atoms with Crippen molar-refractivity contribution in [2.45, 2.75) is 38.1 Å². The number of para-hydroxylation sites is 1. The summed E-state index contributed by atoms with van der Waals surface area (Å²) in [5.41, 5.74) is 8.01. The summed E-state index contributed by atoms with van der Waals surface area (Å²) in [6.07, 6.45) is 4.32. The van der Waals surface area contributed by atoms with Crippen LogP contribution in [0.25, 0.3) is 11.0 Å². The van der Waals surface area contributed by atoms with E-state index in [-0.39, 0.29) is 5.54 Å². The fourth-order valence-corrected chi connectivity index (χ4v) is 2.96. The van der Waals surface area contributed by atoms with E-state index >= 15 is 0 Å². The predicted octanol–water partition coefficient (Wildman–Crippen LogP) is 3.58. The van der Waals surface area contributed by atoms with E-state index in [0.717, 1.165) is 35.6 Å². The van der Waals surface area contributed by atoms with Crippen molar-refractivity contribution in [2.75, 3.05) is 0 Å². The zero-order valence-electron chi connectivity index (χ0n) is 10.5. The zero-order chi connectivity index (χ0) is 12.8. The lowest BCUT2D eigenvalue weighted by atomic mass is 9.77. The molecule has 0 atom stereocenters. The molecule has 3 N–H and O–H groups in total. The van der Waals surface area contributed by atoms with Crippen LogP contribution in [0.4, 0.5) is 0 Å². The smallest absolute Gasteiger partial charge is 0.127 e. The van der Waals surface area contributed by atoms with E-state index in [1.807, 2.05) is 18.2 Å². The molecule has 0 spiro atoms. The fraction of sp³-hybridized carbons (Fsp3) is 0.500. The Morgan fingerprint density at radius 1 is 1.39 bits per heavy atom. The van der Waals surface area contributed by atoms with Gasteiger partial charge in [-0.3, -0.25) is 0 Å². The Hall–Kier alpha value is -1.06. The van der Waals surface area contributed by atoms with Crippen molar-refractivity contribution < 1.29 is 0 Å². The maximum Gasteiger partial charge on any atom is 0.127 e. The third-order valence-corrected chi connectivity index (χ3v) is 4.41. The summed E-state index contributed by atoms with van der Waals surface area (Å²) < 4.78 is 0. The Kier molecular flexibility index (Phi) is 2.83. The molecule has 3 nitrogen and oxygen atoms in total. The Labute approximate surface area is 112 Å². The van der Waals surface area contributed by atoms with Gasteiger partial charge in [-0.15, -0.1) is 0 Å². The minimum absolute atomic E-state index is 0.311. The van der Waals surface area contributed by atoms with Crippen LogP contribution in [-0.4, -0.2) is 9.97 Å². The van der Waals surface area contributed by atoms with Crippen molar-refractivity contribution in [1.82, 2.24) is 9.97 Å². The minimum atomic E-state index is -0.311. The number of nitrogens with one attached hydrogen (secondary N) is 1. The molecule has 1 aliphatic carbocycles. The lowest BCUT2D eigenvalue weighted by Crippen LogP contribution is -2.41. The van der Waals surface area contributed by atoms with Gasteiger partial charge in [-0.1, -0.05) is 24.6 Å². The molecule has 1 aliphatic rings. The Morgan fingerprint density at radius 2 is 2.11 bits per heavy atom. The Balaban J connectivity index is 2.01. The second-order valence-electron chi connectivity index (χ2n) is 5.56. The largest absolute Gasteiger partial charge is 0.340 e. The number of hydrogen-bond donors (Lipinski definition) is 2. The van der Waals surface area contributed by atoms with Crippen molar-refractivity contribution in [1.29, 1.82) is 0 Å². The molecule has 0 radical (unpaired) electrons. The van der Waals surface area contributed by atoms with Gasteiger partial charge >= 0.3 is 0 Å². The topological polar surface area (TPSA) is 54.7 Å². The normalized spacial score (nSPS) is 28.7. The number of nitrogens with zero attached hydrogens (tertiary/aromatic N) is 1. The number of hydrogen-bond acceptors (Lipinski definition) is 2. The Morgan fingerprint density at radius 3 is 2.78 bits per heavy atom. The Bertz CT molecular complexity index is 567. The summed E-state index contributed by atoms with van der Waals surface area (Å²) in [7, 11) is 0. The van der Waals surface area contributed by atoms with Gasteiger partial charge in [0.25, 0.3) is 0 Å². The molecule has 96 valence electrons. The van der Waals surface area contributed by atoms with Crippen molar-refractivity contribution in [2.24, 2.45) is 11.7 Å². The molecule has 2 aromatic rings. The molecule has 0 saturated heterocycles. The first-order valence-electron chi connectivity index (χ1n) is 6.52. The fourth-order valence-electron chi connectivity index (χ4n) is 2.75. The maximum absolute atomic E-state index is 6.52. The van der Waals surface area contributed by atoms with Crippen LogP contribution in [0.2, 0.25) is 5.02 Å². The quantitative estimate of drug-likeness (QED) is 0.826. The lowest BCUT2D eigenvalue weighted by molar-refractivity contribution is 0.238. The highest BCUT2D eigenvalue weighted by atomic mass is 35.5. The standard InChI is InChI=1S/C14H18ClN3/c1-9-5-7-14(16,8-6-9)13-17-11-4-2-3-10(15)12(11)18-13/h2-4,9H,5-8,16H2,1H3,(H,17,18). The predicted molar refractivity (Wildman–Crippen MR) is 74.6 cm³/mol. The van der Waals surface area contributed by atoms with Gasteiger partial charge in [0.2, 0.25) is 0 Å². The highest BCUT2D eigenvalue weighted by Crippen LogP contribution is 2.37. The van der Waals surface area contributed by atoms with Gasteiger partial charge in [0, 0.05) is 0 Å². The molecule has 0 bridgehead atoms. The number of imidazole rings is 1. The second kappa shape index (κ2) is 4.25. The van der Waals surface area contributed by atoms with Gasteiger partial charge in [-0.25, -0.2) is 4.98 Å². The van der Waals surface area contributed by atoms with Crippen LogP contribution in [-0.2, 0) is 5.54 Å². The molecule has 0 unspecified atom stereocenters. The van der Waals surface area contributed by atoms with E-state index in [1.165, 1.54) is 12.8 Å². The monoisotopic (exact) mass is 263 g/mol. The third kappa shape index (κ3) is 1.91. The number of fused-ring (bicyclic) bond motifs is 1. The van der Waals surface area contributed by atoms with Gasteiger partial charge < -0.3 is 10.7 Å². The van der Waals surface area contributed by atoms with Crippen molar-refractivity contribution in [3.8, 4) is 0 Å². The van der Waals surface area contributed by atoms with Crippen molar-refractivity contribution >= 4 is 22.6 Å². The average molecular weight is 264 g/mol. The number of halogens is 1. The average Bonchev–Trinajstić information content (AvgIpc) is 2.79. The first kappa shape index (κ1) is 12.0. The van der Waals surface area contributed by atoms with Gasteiger partial charge in [0.15, 0.2) is 0 Å². The third-order valence-electron chi connectivity index (χ3n) is 4.10. The van der Waals surface area contributed by atoms with Gasteiger partial charge in [0.1, 0.15) is 11.3 Å². The first-order chi connectivity index (χ1) is 8.58. The van der Waals surface area contributed by atoms with Crippen LogP contribution >= 0.6 is 11.6 Å². The first-order valence-corrected chi connectivity index (χ1v) is 6.90. The summed E-state index contributed by atoms with van der Waals surface area (Å²) in [4.78, 5) is 7.96. The van der Waals surface area contributed by atoms with Crippen LogP contribution < -0.4 is 5.73 Å². The van der Waals surface area contributed by atoms with Crippen molar-refractivity contribution in [3.05, 3.63) is 29.0 Å². The lowest BCUT2D eigenvalue weighted by Gasteiger charge is -2.34. The summed E-state index contributed by atoms with van der Waals surface area (Å²) in [6.45, 7) is 2.29. The molecular weight excluding hydrogens is 246 g/mol. The van der Waals surface area contributed by atoms with Gasteiger partial charge in [-0.2, -0.15) is 0 Å². The number of nitrogens with two attached hydrogens (primary N) is 1. The van der Waals surface area contributed by atoms with Crippen molar-refractivity contribution in [3.63, 3.8) is 0 Å². The van der Waals surface area contributed by atoms with E-state index in [0.29, 0.717) is 5.02 Å². The molecule has 1 aromatic carbocycles. The molecule has 4 heteroatoms. The summed E-state index contributed by atoms with van der Waals surface area (Å²) in [5.74, 6) is 1.66. The highest BCUT2D eigenvalue weighted by Gasteiger charge is 2.34.